The van der Waals surface area contributed by atoms with Crippen LogP contribution in [0, 0.1) is 46.3 Å². The van der Waals surface area contributed by atoms with Crippen LogP contribution in [0.25, 0.3) is 0 Å². The number of carbonyl (C=O) groups excluding carboxylic acids is 1. The first-order chi connectivity index (χ1) is 31.7. The second kappa shape index (κ2) is 26.6. The molecular weight excluding hydrogens is 815 g/mol. The zero-order valence-corrected chi connectivity index (χ0v) is 41.6. The Hall–Kier alpha value is -2.06. The van der Waals surface area contributed by atoms with E-state index in [2.05, 4.69) is 54.6 Å². The van der Waals surface area contributed by atoms with E-state index < -0.39 is 0 Å². The van der Waals surface area contributed by atoms with Crippen molar-refractivity contribution >= 4 is 11.6 Å². The third kappa shape index (κ3) is 13.4. The highest BCUT2D eigenvalue weighted by Gasteiger charge is 2.66. The first kappa shape index (κ1) is 52.3. The van der Waals surface area contributed by atoms with E-state index in [4.69, 9.17) is 36.3 Å². The molecule has 6 rings (SSSR count). The zero-order valence-electron chi connectivity index (χ0n) is 41.6. The summed E-state index contributed by atoms with van der Waals surface area (Å²) in [6.07, 6.45) is 31.0. The van der Waals surface area contributed by atoms with Crippen molar-refractivity contribution in [1.82, 2.24) is 15.7 Å². The summed E-state index contributed by atoms with van der Waals surface area (Å²) in [6.45, 7) is 16.9. The van der Waals surface area contributed by atoms with Crippen molar-refractivity contribution in [3.8, 4) is 0 Å². The van der Waals surface area contributed by atoms with Crippen molar-refractivity contribution in [2.75, 3.05) is 59.1 Å². The van der Waals surface area contributed by atoms with Crippen LogP contribution >= 0.6 is 0 Å². The second-order valence-corrected chi connectivity index (χ2v) is 21.6. The van der Waals surface area contributed by atoms with Crippen molar-refractivity contribution in [2.45, 2.75) is 193 Å². The molecule has 12 atom stereocenters. The highest BCUT2D eigenvalue weighted by molar-refractivity contribution is 6.02. The lowest BCUT2D eigenvalue weighted by Gasteiger charge is -2.65. The third-order valence-electron chi connectivity index (χ3n) is 17.6. The maximum Gasteiger partial charge on any atom is 0.222 e. The van der Waals surface area contributed by atoms with Gasteiger partial charge in [-0.15, -0.1) is 5.48 Å². The van der Waals surface area contributed by atoms with Gasteiger partial charge < -0.3 is 41.6 Å². The largest absolute Gasteiger partial charge is 0.387 e. The van der Waals surface area contributed by atoms with Crippen molar-refractivity contribution in [3.05, 3.63) is 23.9 Å². The van der Waals surface area contributed by atoms with Gasteiger partial charge in [-0.2, -0.15) is 0 Å². The lowest BCUT2D eigenvalue weighted by atomic mass is 9.43. The van der Waals surface area contributed by atoms with Crippen molar-refractivity contribution in [3.63, 3.8) is 0 Å². The molecule has 372 valence electrons. The Kier molecular flexibility index (Phi) is 21.4. The molecule has 6 aliphatic rings. The fraction of sp³-hybridized carbons (Fsp3) is 0.887. The number of carbonyl (C=O) groups is 1. The van der Waals surface area contributed by atoms with E-state index in [9.17, 15) is 4.79 Å². The Morgan fingerprint density at radius 2 is 1.58 bits per heavy atom. The molecule has 0 bridgehead atoms. The summed E-state index contributed by atoms with van der Waals surface area (Å²) in [6, 6.07) is -0.0194. The van der Waals surface area contributed by atoms with E-state index in [0.717, 1.165) is 134 Å². The van der Waals surface area contributed by atoms with Gasteiger partial charge in [0.25, 0.3) is 0 Å². The molecule has 4 fully saturated rings. The van der Waals surface area contributed by atoms with Crippen LogP contribution in [0.15, 0.2) is 29.1 Å². The number of allylic oxidation sites excluding steroid dienone is 2. The molecule has 0 aromatic heterocycles. The SMILES string of the molecule is CCCCCCCCN(CCC[C@@H](C)[C@H]1CC[C@H]2C3[C@H](OCCCN)CC4C[C@H](OCCCN)CC[C@]4(C)[C@H]3C[C@H](OCCCN)[C@]12C)C(=O)CCCCCNC1=CC=CC2=NONC12. The molecule has 3 unspecified atom stereocenters. The molecule has 0 aromatic rings. The predicted molar refractivity (Wildman–Crippen MR) is 264 cm³/mol. The Labute approximate surface area is 395 Å². The van der Waals surface area contributed by atoms with Gasteiger partial charge in [-0.3, -0.25) is 9.73 Å². The van der Waals surface area contributed by atoms with Crippen LogP contribution in [-0.4, -0.2) is 100.0 Å². The minimum absolute atomic E-state index is 0.0194. The monoisotopic (exact) mass is 910 g/mol. The normalized spacial score (nSPS) is 33.0. The van der Waals surface area contributed by atoms with Crippen LogP contribution in [0.3, 0.4) is 0 Å². The van der Waals surface area contributed by atoms with Gasteiger partial charge in [0.05, 0.1) is 18.3 Å². The number of hydroxylamine groups is 1. The Bertz CT molecular complexity index is 1510. The lowest BCUT2D eigenvalue weighted by Crippen LogP contribution is -2.63. The summed E-state index contributed by atoms with van der Waals surface area (Å²) in [5, 5.41) is 7.61. The fourth-order valence-electron chi connectivity index (χ4n) is 13.9. The minimum atomic E-state index is -0.0194. The second-order valence-electron chi connectivity index (χ2n) is 21.6. The van der Waals surface area contributed by atoms with Crippen LogP contribution < -0.4 is 28.0 Å². The molecule has 12 heteroatoms. The average molecular weight is 910 g/mol. The van der Waals surface area contributed by atoms with Crippen molar-refractivity contribution in [1.29, 1.82) is 0 Å². The molecule has 65 heavy (non-hydrogen) atoms. The highest BCUT2D eigenvalue weighted by atomic mass is 16.8. The summed E-state index contributed by atoms with van der Waals surface area (Å²) in [7, 11) is 0. The molecule has 1 aliphatic heterocycles. The summed E-state index contributed by atoms with van der Waals surface area (Å²) >= 11 is 0. The molecule has 0 radical (unpaired) electrons. The number of unbranched alkanes of at least 4 members (excludes halogenated alkanes) is 7. The molecule has 1 heterocycles. The fourth-order valence-corrected chi connectivity index (χ4v) is 13.9. The van der Waals surface area contributed by atoms with E-state index in [0.29, 0.717) is 73.6 Å². The summed E-state index contributed by atoms with van der Waals surface area (Å²) in [5.41, 5.74) is 23.2. The predicted octanol–water partition coefficient (Wildman–Crippen LogP) is 8.54. The standard InChI is InChI=1S/C53H95N7O5/c1-5-6-7-8-9-13-31-60(49(61)22-11-10-12-30-57-45-20-14-21-46-51(45)59-65-58-46)32-15-19-39(2)42-23-24-43-50-44(38-48(53(42,43)4)64-35-18-29-56)52(3)26-25-41(62-33-16-27-54)36-40(52)37-47(50)63-34-17-28-55/h14,20-21,39-44,47-48,50-51,57,59H,5-13,15-19,22-38,54-56H2,1-4H3/t39-,40?,41-,42-,43+,44+,47-,48+,50?,51?,52+,53-/m1/s1. The number of hydrogen-bond acceptors (Lipinski definition) is 11. The number of nitrogens with one attached hydrogen (secondary N) is 2. The van der Waals surface area contributed by atoms with Gasteiger partial charge in [0.1, 0.15) is 11.8 Å². The van der Waals surface area contributed by atoms with Crippen LogP contribution in [0.5, 0.6) is 0 Å². The third-order valence-corrected chi connectivity index (χ3v) is 17.6. The maximum absolute atomic E-state index is 13.9. The molecule has 0 saturated heterocycles. The van der Waals surface area contributed by atoms with Gasteiger partial charge in [-0.1, -0.05) is 77.5 Å². The Morgan fingerprint density at radius 1 is 0.862 bits per heavy atom. The molecule has 0 aromatic carbocycles. The van der Waals surface area contributed by atoms with Crippen LogP contribution in [0.2, 0.25) is 0 Å². The molecule has 0 spiro atoms. The summed E-state index contributed by atoms with van der Waals surface area (Å²) < 4.78 is 20.6. The smallest absolute Gasteiger partial charge is 0.222 e. The van der Waals surface area contributed by atoms with Gasteiger partial charge in [0, 0.05) is 57.0 Å². The number of fused-ring (bicyclic) bond motifs is 6. The molecule has 12 nitrogen and oxygen atoms in total. The quantitative estimate of drug-likeness (QED) is 0.0425. The van der Waals surface area contributed by atoms with E-state index in [1.165, 1.54) is 51.4 Å². The Morgan fingerprint density at radius 3 is 2.37 bits per heavy atom. The van der Waals surface area contributed by atoms with Gasteiger partial charge in [-0.25, -0.2) is 0 Å². The van der Waals surface area contributed by atoms with E-state index in [1.54, 1.807) is 0 Å². The highest BCUT2D eigenvalue weighted by Crippen LogP contribution is 2.69. The maximum atomic E-state index is 13.9. The molecule has 4 saturated carbocycles. The number of ether oxygens (including phenoxy) is 3. The van der Waals surface area contributed by atoms with Gasteiger partial charge >= 0.3 is 0 Å². The number of nitrogens with two attached hydrogens (primary N) is 3. The minimum Gasteiger partial charge on any atom is -0.387 e. The van der Waals surface area contributed by atoms with Crippen molar-refractivity contribution < 1.29 is 23.9 Å². The molecule has 5 aliphatic carbocycles. The average Bonchev–Trinajstić information content (AvgIpc) is 3.94. The first-order valence-corrected chi connectivity index (χ1v) is 27.0. The van der Waals surface area contributed by atoms with Crippen LogP contribution in [0.1, 0.15) is 169 Å². The molecule has 1 amide bonds. The topological polar surface area (TPSA) is 172 Å². The van der Waals surface area contributed by atoms with Gasteiger partial charge in [0.15, 0.2) is 0 Å². The summed E-state index contributed by atoms with van der Waals surface area (Å²) in [5.74, 6) is 3.71. The lowest BCUT2D eigenvalue weighted by molar-refractivity contribution is -0.227. The number of oxime groups is 1. The number of nitrogens with zero attached hydrogens (tertiary/aromatic N) is 2. The van der Waals surface area contributed by atoms with Crippen LogP contribution in [0.4, 0.5) is 0 Å². The molecular formula is C53H95N7O5. The van der Waals surface area contributed by atoms with Gasteiger partial charge in [0.2, 0.25) is 5.91 Å². The van der Waals surface area contributed by atoms with E-state index in [-0.39, 0.29) is 29.1 Å². The number of hydrogen-bond donors (Lipinski definition) is 5. The van der Waals surface area contributed by atoms with Crippen LogP contribution in [-0.2, 0) is 23.9 Å². The summed E-state index contributed by atoms with van der Waals surface area (Å²) in [4.78, 5) is 21.2. The molecule has 8 N–H and O–H groups in total. The number of rotatable bonds is 31. The van der Waals surface area contributed by atoms with E-state index in [1.807, 2.05) is 12.2 Å². The van der Waals surface area contributed by atoms with Crippen molar-refractivity contribution in [2.24, 2.45) is 68.7 Å². The van der Waals surface area contributed by atoms with E-state index >= 15 is 0 Å². The number of amides is 1. The first-order valence-electron chi connectivity index (χ1n) is 27.0. The zero-order chi connectivity index (χ0) is 46.1. The van der Waals surface area contributed by atoms with Gasteiger partial charge in [-0.05, 0) is 169 Å². The Balaban J connectivity index is 1.08.